The summed E-state index contributed by atoms with van der Waals surface area (Å²) in [6.07, 6.45) is 4.92. The monoisotopic (exact) mass is 299 g/mol. The van der Waals surface area contributed by atoms with E-state index >= 15 is 0 Å². The zero-order chi connectivity index (χ0) is 14.8. The predicted octanol–water partition coefficient (Wildman–Crippen LogP) is 2.50. The summed E-state index contributed by atoms with van der Waals surface area (Å²) >= 11 is 1.41. The predicted molar refractivity (Wildman–Crippen MR) is 81.2 cm³/mol. The first-order valence-corrected chi connectivity index (χ1v) is 7.14. The molecule has 1 amide bonds. The molecule has 3 rings (SSSR count). The van der Waals surface area contributed by atoms with Crippen molar-refractivity contribution in [2.45, 2.75) is 6.92 Å². The van der Waals surface area contributed by atoms with Crippen molar-refractivity contribution in [3.05, 3.63) is 48.0 Å². The van der Waals surface area contributed by atoms with Crippen LogP contribution in [0.1, 0.15) is 16.1 Å². The molecule has 0 saturated carbocycles. The second kappa shape index (κ2) is 5.45. The largest absolute Gasteiger partial charge is 0.298 e. The SMILES string of the molecule is Cc1nc(NC(=O)c2cnn(C)c2)sc1-c1ccccn1. The van der Waals surface area contributed by atoms with Crippen molar-refractivity contribution in [1.82, 2.24) is 19.7 Å². The van der Waals surface area contributed by atoms with Gasteiger partial charge in [0.2, 0.25) is 0 Å². The fraction of sp³-hybridized carbons (Fsp3) is 0.143. The van der Waals surface area contributed by atoms with Crippen LogP contribution >= 0.6 is 11.3 Å². The Kier molecular flexibility index (Phi) is 3.49. The molecule has 0 spiro atoms. The van der Waals surface area contributed by atoms with E-state index in [1.54, 1.807) is 24.1 Å². The van der Waals surface area contributed by atoms with Gasteiger partial charge >= 0.3 is 0 Å². The van der Waals surface area contributed by atoms with Gasteiger partial charge in [0.15, 0.2) is 5.13 Å². The fourth-order valence-corrected chi connectivity index (χ4v) is 2.83. The summed E-state index contributed by atoms with van der Waals surface area (Å²) in [5.41, 5.74) is 2.21. The van der Waals surface area contributed by atoms with Gasteiger partial charge in [-0.15, -0.1) is 0 Å². The van der Waals surface area contributed by atoms with Crippen LogP contribution in [0.4, 0.5) is 5.13 Å². The maximum Gasteiger partial charge on any atom is 0.260 e. The first kappa shape index (κ1) is 13.4. The molecular weight excluding hydrogens is 286 g/mol. The minimum absolute atomic E-state index is 0.218. The molecule has 3 aromatic heterocycles. The molecule has 0 aliphatic heterocycles. The summed E-state index contributed by atoms with van der Waals surface area (Å²) in [6, 6.07) is 5.72. The molecule has 3 aromatic rings. The maximum atomic E-state index is 12.1. The summed E-state index contributed by atoms with van der Waals surface area (Å²) in [5.74, 6) is -0.218. The number of rotatable bonds is 3. The Hall–Kier alpha value is -2.54. The average molecular weight is 299 g/mol. The molecule has 0 unspecified atom stereocenters. The van der Waals surface area contributed by atoms with Crippen LogP contribution in [0.5, 0.6) is 0 Å². The lowest BCUT2D eigenvalue weighted by Gasteiger charge is -1.97. The molecule has 1 N–H and O–H groups in total. The number of carbonyl (C=O) groups excluding carboxylic acids is 1. The Morgan fingerprint density at radius 3 is 2.90 bits per heavy atom. The molecule has 0 aromatic carbocycles. The highest BCUT2D eigenvalue weighted by Crippen LogP contribution is 2.31. The van der Waals surface area contributed by atoms with Crippen molar-refractivity contribution in [1.29, 1.82) is 0 Å². The summed E-state index contributed by atoms with van der Waals surface area (Å²) in [7, 11) is 1.77. The van der Waals surface area contributed by atoms with Gasteiger partial charge in [-0.3, -0.25) is 19.8 Å². The smallest absolute Gasteiger partial charge is 0.260 e. The van der Waals surface area contributed by atoms with Crippen LogP contribution in [-0.2, 0) is 7.05 Å². The van der Waals surface area contributed by atoms with E-state index in [4.69, 9.17) is 0 Å². The molecule has 21 heavy (non-hydrogen) atoms. The lowest BCUT2D eigenvalue weighted by molar-refractivity contribution is 0.102. The van der Waals surface area contributed by atoms with Gasteiger partial charge in [-0.2, -0.15) is 5.10 Å². The van der Waals surface area contributed by atoms with Crippen LogP contribution in [0.25, 0.3) is 10.6 Å². The van der Waals surface area contributed by atoms with Crippen LogP contribution < -0.4 is 5.32 Å². The number of hydrogen-bond acceptors (Lipinski definition) is 5. The summed E-state index contributed by atoms with van der Waals surface area (Å²) in [6.45, 7) is 1.90. The van der Waals surface area contributed by atoms with Gasteiger partial charge < -0.3 is 0 Å². The average Bonchev–Trinajstić information content (AvgIpc) is 3.06. The molecule has 0 radical (unpaired) electrons. The summed E-state index contributed by atoms with van der Waals surface area (Å²) in [5, 5.41) is 7.33. The van der Waals surface area contributed by atoms with E-state index in [0.717, 1.165) is 16.3 Å². The number of pyridine rings is 1. The van der Waals surface area contributed by atoms with Gasteiger partial charge in [0.25, 0.3) is 5.91 Å². The standard InChI is InChI=1S/C14H13N5OS/c1-9-12(11-5-3-4-6-15-11)21-14(17-9)18-13(20)10-7-16-19(2)8-10/h3-8H,1-2H3,(H,17,18,20). The number of amides is 1. The number of aryl methyl sites for hydroxylation is 2. The van der Waals surface area contributed by atoms with Crippen LogP contribution in [0.3, 0.4) is 0 Å². The quantitative estimate of drug-likeness (QED) is 0.806. The number of nitrogens with zero attached hydrogens (tertiary/aromatic N) is 4. The Morgan fingerprint density at radius 2 is 2.24 bits per heavy atom. The van der Waals surface area contributed by atoms with E-state index in [1.165, 1.54) is 17.5 Å². The third kappa shape index (κ3) is 2.82. The Morgan fingerprint density at radius 1 is 1.38 bits per heavy atom. The highest BCUT2D eigenvalue weighted by molar-refractivity contribution is 7.19. The van der Waals surface area contributed by atoms with Gasteiger partial charge in [-0.05, 0) is 19.1 Å². The minimum Gasteiger partial charge on any atom is -0.298 e. The molecule has 0 saturated heterocycles. The molecule has 0 bridgehead atoms. The van der Waals surface area contributed by atoms with E-state index in [9.17, 15) is 4.79 Å². The lowest BCUT2D eigenvalue weighted by Crippen LogP contribution is -2.10. The van der Waals surface area contributed by atoms with Crippen molar-refractivity contribution >= 4 is 22.4 Å². The number of carbonyl (C=O) groups is 1. The number of nitrogens with one attached hydrogen (secondary N) is 1. The molecule has 7 heteroatoms. The first-order valence-electron chi connectivity index (χ1n) is 6.32. The number of anilines is 1. The first-order chi connectivity index (χ1) is 10.1. The highest BCUT2D eigenvalue weighted by atomic mass is 32.1. The number of hydrogen-bond donors (Lipinski definition) is 1. The molecule has 106 valence electrons. The highest BCUT2D eigenvalue weighted by Gasteiger charge is 2.14. The normalized spacial score (nSPS) is 10.6. The zero-order valence-electron chi connectivity index (χ0n) is 11.6. The second-order valence-electron chi connectivity index (χ2n) is 4.51. The van der Waals surface area contributed by atoms with E-state index in [-0.39, 0.29) is 5.91 Å². The van der Waals surface area contributed by atoms with Crippen molar-refractivity contribution < 1.29 is 4.79 Å². The maximum absolute atomic E-state index is 12.1. The summed E-state index contributed by atoms with van der Waals surface area (Å²) in [4.78, 5) is 21.7. The van der Waals surface area contributed by atoms with Crippen molar-refractivity contribution in [2.75, 3.05) is 5.32 Å². The van der Waals surface area contributed by atoms with Gasteiger partial charge in [-0.25, -0.2) is 4.98 Å². The van der Waals surface area contributed by atoms with Crippen LogP contribution in [-0.4, -0.2) is 25.7 Å². The lowest BCUT2D eigenvalue weighted by atomic mass is 10.3. The minimum atomic E-state index is -0.218. The number of aromatic nitrogens is 4. The molecule has 0 atom stereocenters. The molecule has 0 aliphatic rings. The fourth-order valence-electron chi connectivity index (χ4n) is 1.89. The van der Waals surface area contributed by atoms with Gasteiger partial charge in [-0.1, -0.05) is 17.4 Å². The van der Waals surface area contributed by atoms with Crippen molar-refractivity contribution in [3.63, 3.8) is 0 Å². The second-order valence-corrected chi connectivity index (χ2v) is 5.50. The van der Waals surface area contributed by atoms with E-state index in [2.05, 4.69) is 20.4 Å². The molecule has 0 fully saturated rings. The van der Waals surface area contributed by atoms with Gasteiger partial charge in [0, 0.05) is 19.4 Å². The Bertz CT molecular complexity index is 778. The molecule has 0 aliphatic carbocycles. The van der Waals surface area contributed by atoms with Crippen LogP contribution in [0.15, 0.2) is 36.8 Å². The molecule has 3 heterocycles. The van der Waals surface area contributed by atoms with Gasteiger partial charge in [0.05, 0.1) is 28.0 Å². The third-order valence-electron chi connectivity index (χ3n) is 2.88. The Labute approximate surface area is 125 Å². The summed E-state index contributed by atoms with van der Waals surface area (Å²) < 4.78 is 1.58. The van der Waals surface area contributed by atoms with Crippen molar-refractivity contribution in [2.24, 2.45) is 7.05 Å². The van der Waals surface area contributed by atoms with Crippen molar-refractivity contribution in [3.8, 4) is 10.6 Å². The van der Waals surface area contributed by atoms with E-state index in [0.29, 0.717) is 10.7 Å². The van der Waals surface area contributed by atoms with Crippen LogP contribution in [0.2, 0.25) is 0 Å². The molecule has 6 nitrogen and oxygen atoms in total. The topological polar surface area (TPSA) is 72.7 Å². The zero-order valence-corrected chi connectivity index (χ0v) is 12.4. The van der Waals surface area contributed by atoms with Crippen LogP contribution in [0, 0.1) is 6.92 Å². The molecular formula is C14H13N5OS. The number of thiazole rings is 1. The van der Waals surface area contributed by atoms with E-state index < -0.39 is 0 Å². The van der Waals surface area contributed by atoms with Gasteiger partial charge in [0.1, 0.15) is 0 Å². The third-order valence-corrected chi connectivity index (χ3v) is 3.98. The van der Waals surface area contributed by atoms with E-state index in [1.807, 2.05) is 25.1 Å². The Balaban J connectivity index is 1.83.